The van der Waals surface area contributed by atoms with Crippen molar-refractivity contribution in [3.63, 3.8) is 0 Å². The molecule has 1 rings (SSSR count). The largest absolute Gasteiger partial charge is 0.458 e. The van der Waals surface area contributed by atoms with Gasteiger partial charge in [0.15, 0.2) is 0 Å². The summed E-state index contributed by atoms with van der Waals surface area (Å²) in [6, 6.07) is -0.514. The maximum atomic E-state index is 12.0. The molecule has 0 saturated carbocycles. The van der Waals surface area contributed by atoms with Crippen molar-refractivity contribution in [2.24, 2.45) is 0 Å². The quantitative estimate of drug-likeness (QED) is 0.546. The van der Waals surface area contributed by atoms with Crippen molar-refractivity contribution in [2.75, 3.05) is 0 Å². The Labute approximate surface area is 103 Å². The molecule has 2 atom stereocenters. The second-order valence-corrected chi connectivity index (χ2v) is 5.36. The lowest BCUT2D eigenvalue weighted by molar-refractivity contribution is -0.163. The minimum atomic E-state index is -0.522. The molecule has 4 heteroatoms. The molecule has 96 valence electrons. The molecular formula is C13H21NO3. The molecule has 0 bridgehead atoms. The van der Waals surface area contributed by atoms with Crippen LogP contribution < -0.4 is 0 Å². The lowest BCUT2D eigenvalue weighted by Crippen LogP contribution is -2.45. The van der Waals surface area contributed by atoms with Gasteiger partial charge in [-0.2, -0.15) is 0 Å². The predicted octanol–water partition coefficient (Wildman–Crippen LogP) is 1.89. The number of amides is 1. The van der Waals surface area contributed by atoms with E-state index in [1.807, 2.05) is 20.8 Å². The fourth-order valence-electron chi connectivity index (χ4n) is 2.12. The Bertz CT molecular complexity index is 330. The van der Waals surface area contributed by atoms with Crippen LogP contribution in [0.5, 0.6) is 0 Å². The van der Waals surface area contributed by atoms with Crippen LogP contribution in [0.2, 0.25) is 0 Å². The van der Waals surface area contributed by atoms with Gasteiger partial charge in [-0.15, -0.1) is 6.58 Å². The molecule has 17 heavy (non-hydrogen) atoms. The Morgan fingerprint density at radius 3 is 2.35 bits per heavy atom. The van der Waals surface area contributed by atoms with Gasteiger partial charge < -0.3 is 9.64 Å². The van der Waals surface area contributed by atoms with Crippen LogP contribution in [0.25, 0.3) is 0 Å². The highest BCUT2D eigenvalue weighted by molar-refractivity contribution is 5.84. The van der Waals surface area contributed by atoms with E-state index in [0.717, 1.165) is 6.42 Å². The van der Waals surface area contributed by atoms with Crippen LogP contribution in [0, 0.1) is 0 Å². The van der Waals surface area contributed by atoms with E-state index < -0.39 is 11.6 Å². The molecule has 1 aliphatic rings. The summed E-state index contributed by atoms with van der Waals surface area (Å²) < 4.78 is 5.33. The first-order chi connectivity index (χ1) is 7.76. The van der Waals surface area contributed by atoms with Crippen LogP contribution in [0.3, 0.4) is 0 Å². The van der Waals surface area contributed by atoms with Gasteiger partial charge in [0.1, 0.15) is 11.6 Å². The highest BCUT2D eigenvalue weighted by Gasteiger charge is 2.40. The topological polar surface area (TPSA) is 46.6 Å². The summed E-state index contributed by atoms with van der Waals surface area (Å²) in [5, 5.41) is 0. The van der Waals surface area contributed by atoms with Crippen LogP contribution in [0.1, 0.15) is 40.5 Å². The van der Waals surface area contributed by atoms with Gasteiger partial charge in [-0.05, 0) is 33.6 Å². The van der Waals surface area contributed by atoms with E-state index in [2.05, 4.69) is 6.58 Å². The van der Waals surface area contributed by atoms with Crippen molar-refractivity contribution in [3.05, 3.63) is 12.7 Å². The van der Waals surface area contributed by atoms with Crippen molar-refractivity contribution in [1.82, 2.24) is 4.90 Å². The molecule has 0 aliphatic carbocycles. The van der Waals surface area contributed by atoms with Crippen LogP contribution in [0.4, 0.5) is 0 Å². The number of esters is 1. The molecule has 1 heterocycles. The molecule has 0 spiro atoms. The molecule has 0 radical (unpaired) electrons. The van der Waals surface area contributed by atoms with Gasteiger partial charge >= 0.3 is 5.97 Å². The highest BCUT2D eigenvalue weighted by Crippen LogP contribution is 2.27. The average Bonchev–Trinajstić information content (AvgIpc) is 2.57. The van der Waals surface area contributed by atoms with Crippen LogP contribution >= 0.6 is 0 Å². The van der Waals surface area contributed by atoms with Crippen molar-refractivity contribution >= 4 is 11.9 Å². The van der Waals surface area contributed by atoms with Crippen molar-refractivity contribution in [3.8, 4) is 0 Å². The normalized spacial score (nSPS) is 24.6. The third kappa shape index (κ3) is 3.32. The predicted molar refractivity (Wildman–Crippen MR) is 65.4 cm³/mol. The van der Waals surface area contributed by atoms with Crippen molar-refractivity contribution in [2.45, 2.75) is 58.2 Å². The van der Waals surface area contributed by atoms with E-state index >= 15 is 0 Å². The lowest BCUT2D eigenvalue weighted by atomic mass is 10.1. The Morgan fingerprint density at radius 2 is 1.94 bits per heavy atom. The standard InChI is InChI=1S/C13H21NO3/c1-6-10-7-8-11(14(10)9(2)15)12(16)17-13(3,4)5/h6,10-11H,1,7-8H2,2-5H3/t10-,11-/m0/s1. The third-order valence-corrected chi connectivity index (χ3v) is 2.74. The van der Waals surface area contributed by atoms with Crippen LogP contribution in [0.15, 0.2) is 12.7 Å². The zero-order valence-corrected chi connectivity index (χ0v) is 11.0. The summed E-state index contributed by atoms with van der Waals surface area (Å²) >= 11 is 0. The van der Waals surface area contributed by atoms with Gasteiger partial charge in [0.05, 0.1) is 6.04 Å². The highest BCUT2D eigenvalue weighted by atomic mass is 16.6. The van der Waals surface area contributed by atoms with Gasteiger partial charge in [0.2, 0.25) is 5.91 Å². The number of hydrogen-bond acceptors (Lipinski definition) is 3. The molecule has 1 amide bonds. The number of carbonyl (C=O) groups excluding carboxylic acids is 2. The molecule has 4 nitrogen and oxygen atoms in total. The van der Waals surface area contributed by atoms with Gasteiger partial charge in [0, 0.05) is 6.92 Å². The summed E-state index contributed by atoms with van der Waals surface area (Å²) in [5.41, 5.74) is -0.522. The molecule has 0 aromatic carbocycles. The first kappa shape index (κ1) is 13.7. The third-order valence-electron chi connectivity index (χ3n) is 2.74. The summed E-state index contributed by atoms with van der Waals surface area (Å²) in [6.07, 6.45) is 3.13. The minimum Gasteiger partial charge on any atom is -0.458 e. The fourth-order valence-corrected chi connectivity index (χ4v) is 2.12. The number of carbonyl (C=O) groups is 2. The summed E-state index contributed by atoms with van der Waals surface area (Å²) in [5.74, 6) is -0.430. The van der Waals surface area contributed by atoms with Gasteiger partial charge in [-0.1, -0.05) is 6.08 Å². The molecule has 0 aromatic heterocycles. The average molecular weight is 239 g/mol. The molecular weight excluding hydrogens is 218 g/mol. The van der Waals surface area contributed by atoms with Crippen molar-refractivity contribution < 1.29 is 14.3 Å². The smallest absolute Gasteiger partial charge is 0.329 e. The second kappa shape index (κ2) is 4.90. The van der Waals surface area contributed by atoms with E-state index in [9.17, 15) is 9.59 Å². The maximum Gasteiger partial charge on any atom is 0.329 e. The summed E-state index contributed by atoms with van der Waals surface area (Å²) in [6.45, 7) is 10.6. The van der Waals surface area contributed by atoms with Crippen LogP contribution in [-0.4, -0.2) is 34.5 Å². The second-order valence-electron chi connectivity index (χ2n) is 5.36. The van der Waals surface area contributed by atoms with E-state index in [1.54, 1.807) is 11.0 Å². The van der Waals surface area contributed by atoms with E-state index in [4.69, 9.17) is 4.74 Å². The van der Waals surface area contributed by atoms with Gasteiger partial charge in [-0.3, -0.25) is 4.79 Å². The lowest BCUT2D eigenvalue weighted by Gasteiger charge is -2.29. The number of ether oxygens (including phenoxy) is 1. The number of rotatable bonds is 2. The Morgan fingerprint density at radius 1 is 1.35 bits per heavy atom. The van der Waals surface area contributed by atoms with E-state index in [1.165, 1.54) is 6.92 Å². The van der Waals surface area contributed by atoms with Crippen LogP contribution in [-0.2, 0) is 14.3 Å². The first-order valence-corrected chi connectivity index (χ1v) is 5.90. The minimum absolute atomic E-state index is 0.0509. The SMILES string of the molecule is C=C[C@H]1CC[C@@H](C(=O)OC(C)(C)C)N1C(C)=O. The monoisotopic (exact) mass is 239 g/mol. The molecule has 1 saturated heterocycles. The summed E-state index contributed by atoms with van der Waals surface area (Å²) in [7, 11) is 0. The van der Waals surface area contributed by atoms with E-state index in [0.29, 0.717) is 6.42 Å². The molecule has 0 N–H and O–H groups in total. The Hall–Kier alpha value is -1.32. The van der Waals surface area contributed by atoms with Crippen molar-refractivity contribution in [1.29, 1.82) is 0 Å². The fraction of sp³-hybridized carbons (Fsp3) is 0.692. The number of likely N-dealkylation sites (tertiary alicyclic amines) is 1. The summed E-state index contributed by atoms with van der Waals surface area (Å²) in [4.78, 5) is 25.1. The molecule has 0 unspecified atom stereocenters. The Balaban J connectivity index is 2.80. The van der Waals surface area contributed by atoms with E-state index in [-0.39, 0.29) is 17.9 Å². The number of nitrogens with zero attached hydrogens (tertiary/aromatic N) is 1. The maximum absolute atomic E-state index is 12.0. The molecule has 0 aromatic rings. The first-order valence-electron chi connectivity index (χ1n) is 5.90. The Kier molecular flexibility index (Phi) is 3.96. The van der Waals surface area contributed by atoms with Gasteiger partial charge in [-0.25, -0.2) is 4.79 Å². The molecule has 1 fully saturated rings. The zero-order chi connectivity index (χ0) is 13.2. The van der Waals surface area contributed by atoms with Gasteiger partial charge in [0.25, 0.3) is 0 Å². The molecule has 1 aliphatic heterocycles. The zero-order valence-electron chi connectivity index (χ0n) is 11.0. The number of hydrogen-bond donors (Lipinski definition) is 0.